The molecule has 0 bridgehead atoms. The van der Waals surface area contributed by atoms with Gasteiger partial charge in [0.05, 0.1) is 13.0 Å². The zero-order valence-corrected chi connectivity index (χ0v) is 11.4. The molecule has 0 heterocycles. The molecule has 1 N–H and O–H groups in total. The Morgan fingerprint density at radius 2 is 1.75 bits per heavy atom. The fourth-order valence-electron chi connectivity index (χ4n) is 1.55. The molecular weight excluding hydrogens is 281 g/mol. The van der Waals surface area contributed by atoms with Crippen LogP contribution in [0.15, 0.2) is 48.5 Å². The second-order valence-corrected chi connectivity index (χ2v) is 4.54. The Labute approximate surface area is 121 Å². The van der Waals surface area contributed by atoms with E-state index in [4.69, 9.17) is 16.3 Å². The van der Waals surface area contributed by atoms with Crippen LogP contribution in [0.3, 0.4) is 0 Å². The Bertz CT molecular complexity index is 569. The first kappa shape index (κ1) is 14.3. The quantitative estimate of drug-likeness (QED) is 0.908. The molecule has 0 spiro atoms. The minimum Gasteiger partial charge on any atom is -0.493 e. The maximum absolute atomic E-state index is 12.7. The van der Waals surface area contributed by atoms with Crippen LogP contribution < -0.4 is 10.1 Å². The molecular formula is C15H13ClFNO2. The van der Waals surface area contributed by atoms with Gasteiger partial charge in [-0.25, -0.2) is 4.39 Å². The van der Waals surface area contributed by atoms with Gasteiger partial charge < -0.3 is 10.1 Å². The molecule has 0 unspecified atom stereocenters. The second kappa shape index (κ2) is 6.91. The average molecular weight is 294 g/mol. The monoisotopic (exact) mass is 293 g/mol. The zero-order chi connectivity index (χ0) is 14.4. The first-order valence-corrected chi connectivity index (χ1v) is 6.45. The zero-order valence-electron chi connectivity index (χ0n) is 10.6. The molecule has 2 rings (SSSR count). The molecule has 0 aliphatic carbocycles. The van der Waals surface area contributed by atoms with Gasteiger partial charge in [-0.1, -0.05) is 11.6 Å². The van der Waals surface area contributed by atoms with E-state index >= 15 is 0 Å². The number of halogens is 2. The van der Waals surface area contributed by atoms with Crippen molar-refractivity contribution < 1.29 is 13.9 Å². The van der Waals surface area contributed by atoms with Gasteiger partial charge >= 0.3 is 0 Å². The molecule has 20 heavy (non-hydrogen) atoms. The summed E-state index contributed by atoms with van der Waals surface area (Å²) in [5, 5.41) is 3.29. The molecule has 1 amide bonds. The third kappa shape index (κ3) is 4.55. The number of hydrogen-bond donors (Lipinski definition) is 1. The lowest BCUT2D eigenvalue weighted by Gasteiger charge is -2.07. The van der Waals surface area contributed by atoms with E-state index in [1.807, 2.05) is 0 Å². The first-order valence-electron chi connectivity index (χ1n) is 6.07. The Morgan fingerprint density at radius 3 is 2.40 bits per heavy atom. The summed E-state index contributed by atoms with van der Waals surface area (Å²) in [5.74, 6) is 0.128. The lowest BCUT2D eigenvalue weighted by molar-refractivity contribution is -0.116. The average Bonchev–Trinajstić information content (AvgIpc) is 2.44. The van der Waals surface area contributed by atoms with Gasteiger partial charge in [-0.3, -0.25) is 4.79 Å². The van der Waals surface area contributed by atoms with E-state index in [2.05, 4.69) is 5.32 Å². The Hall–Kier alpha value is -2.07. The van der Waals surface area contributed by atoms with Crippen LogP contribution in [0.4, 0.5) is 10.1 Å². The number of nitrogens with one attached hydrogen (secondary N) is 1. The number of hydrogen-bond acceptors (Lipinski definition) is 2. The lowest BCUT2D eigenvalue weighted by Crippen LogP contribution is -2.15. The van der Waals surface area contributed by atoms with Gasteiger partial charge in [-0.15, -0.1) is 0 Å². The third-order valence-electron chi connectivity index (χ3n) is 2.54. The van der Waals surface area contributed by atoms with Gasteiger partial charge in [-0.2, -0.15) is 0 Å². The fraction of sp³-hybridized carbons (Fsp3) is 0.133. The normalized spacial score (nSPS) is 10.1. The summed E-state index contributed by atoms with van der Waals surface area (Å²) >= 11 is 5.75. The predicted octanol–water partition coefficient (Wildman–Crippen LogP) is 3.89. The molecule has 0 saturated heterocycles. The van der Waals surface area contributed by atoms with Crippen molar-refractivity contribution >= 4 is 23.2 Å². The van der Waals surface area contributed by atoms with E-state index in [0.717, 1.165) is 0 Å². The number of ether oxygens (including phenoxy) is 1. The van der Waals surface area contributed by atoms with Crippen LogP contribution in [-0.4, -0.2) is 12.5 Å². The van der Waals surface area contributed by atoms with E-state index in [1.165, 1.54) is 24.3 Å². The standard InChI is InChI=1S/C15H13ClFNO2/c16-11-1-7-14(8-2-11)20-10-9-15(19)18-13-5-3-12(17)4-6-13/h1-8H,9-10H2,(H,18,19). The Balaban J connectivity index is 1.75. The Morgan fingerprint density at radius 1 is 1.10 bits per heavy atom. The lowest BCUT2D eigenvalue weighted by atomic mass is 10.3. The summed E-state index contributed by atoms with van der Waals surface area (Å²) in [4.78, 5) is 11.6. The molecule has 3 nitrogen and oxygen atoms in total. The minimum absolute atomic E-state index is 0.189. The molecule has 0 aliphatic heterocycles. The molecule has 0 fully saturated rings. The summed E-state index contributed by atoms with van der Waals surface area (Å²) in [6.07, 6.45) is 0.208. The van der Waals surface area contributed by atoms with Crippen LogP contribution >= 0.6 is 11.6 Å². The van der Waals surface area contributed by atoms with Gasteiger partial charge in [0, 0.05) is 10.7 Å². The van der Waals surface area contributed by atoms with Crippen LogP contribution in [0.1, 0.15) is 6.42 Å². The van der Waals surface area contributed by atoms with Crippen LogP contribution in [0, 0.1) is 5.82 Å². The smallest absolute Gasteiger partial charge is 0.227 e. The van der Waals surface area contributed by atoms with Crippen molar-refractivity contribution in [2.24, 2.45) is 0 Å². The van der Waals surface area contributed by atoms with E-state index in [-0.39, 0.29) is 24.8 Å². The summed E-state index contributed by atoms with van der Waals surface area (Å²) in [6.45, 7) is 0.259. The van der Waals surface area contributed by atoms with Crippen molar-refractivity contribution in [1.29, 1.82) is 0 Å². The molecule has 2 aromatic rings. The van der Waals surface area contributed by atoms with E-state index < -0.39 is 0 Å². The van der Waals surface area contributed by atoms with Crippen LogP contribution in [0.2, 0.25) is 5.02 Å². The molecule has 0 aromatic heterocycles. The van der Waals surface area contributed by atoms with E-state index in [9.17, 15) is 9.18 Å². The van der Waals surface area contributed by atoms with Crippen LogP contribution in [0.25, 0.3) is 0 Å². The molecule has 104 valence electrons. The van der Waals surface area contributed by atoms with Gasteiger partial charge in [-0.05, 0) is 48.5 Å². The number of benzene rings is 2. The number of rotatable bonds is 5. The molecule has 0 atom stereocenters. The fourth-order valence-corrected chi connectivity index (χ4v) is 1.68. The highest BCUT2D eigenvalue weighted by molar-refractivity contribution is 6.30. The molecule has 2 aromatic carbocycles. The molecule has 5 heteroatoms. The highest BCUT2D eigenvalue weighted by atomic mass is 35.5. The highest BCUT2D eigenvalue weighted by Gasteiger charge is 2.03. The number of carbonyl (C=O) groups is 1. The van der Waals surface area contributed by atoms with Crippen LogP contribution in [-0.2, 0) is 4.79 Å². The van der Waals surface area contributed by atoms with E-state index in [0.29, 0.717) is 16.5 Å². The molecule has 0 radical (unpaired) electrons. The first-order chi connectivity index (χ1) is 9.63. The van der Waals surface area contributed by atoms with Crippen molar-refractivity contribution in [3.63, 3.8) is 0 Å². The van der Waals surface area contributed by atoms with Crippen molar-refractivity contribution in [2.75, 3.05) is 11.9 Å². The van der Waals surface area contributed by atoms with Gasteiger partial charge in [0.2, 0.25) is 5.91 Å². The minimum atomic E-state index is -0.339. The maximum Gasteiger partial charge on any atom is 0.227 e. The van der Waals surface area contributed by atoms with Gasteiger partial charge in [0.15, 0.2) is 0 Å². The SMILES string of the molecule is O=C(CCOc1ccc(Cl)cc1)Nc1ccc(F)cc1. The largest absolute Gasteiger partial charge is 0.493 e. The van der Waals surface area contributed by atoms with Gasteiger partial charge in [0.1, 0.15) is 11.6 Å². The summed E-state index contributed by atoms with van der Waals surface area (Å²) in [5.41, 5.74) is 0.558. The predicted molar refractivity (Wildman–Crippen MR) is 76.6 cm³/mol. The Kier molecular flexibility index (Phi) is 4.96. The second-order valence-electron chi connectivity index (χ2n) is 4.11. The van der Waals surface area contributed by atoms with Gasteiger partial charge in [0.25, 0.3) is 0 Å². The van der Waals surface area contributed by atoms with Crippen molar-refractivity contribution in [3.05, 3.63) is 59.4 Å². The highest BCUT2D eigenvalue weighted by Crippen LogP contribution is 2.15. The number of carbonyl (C=O) groups excluding carboxylic acids is 1. The summed E-state index contributed by atoms with van der Waals surface area (Å²) in [6, 6.07) is 12.5. The maximum atomic E-state index is 12.7. The third-order valence-corrected chi connectivity index (χ3v) is 2.79. The van der Waals surface area contributed by atoms with Crippen LogP contribution in [0.5, 0.6) is 5.75 Å². The molecule has 0 aliphatic rings. The molecule has 0 saturated carbocycles. The summed E-state index contributed by atoms with van der Waals surface area (Å²) in [7, 11) is 0. The van der Waals surface area contributed by atoms with Crippen molar-refractivity contribution in [1.82, 2.24) is 0 Å². The van der Waals surface area contributed by atoms with Crippen molar-refractivity contribution in [2.45, 2.75) is 6.42 Å². The topological polar surface area (TPSA) is 38.3 Å². The van der Waals surface area contributed by atoms with E-state index in [1.54, 1.807) is 24.3 Å². The number of anilines is 1. The van der Waals surface area contributed by atoms with Crippen molar-refractivity contribution in [3.8, 4) is 5.75 Å². The summed E-state index contributed by atoms with van der Waals surface area (Å²) < 4.78 is 18.1. The number of amides is 1.